The van der Waals surface area contributed by atoms with E-state index in [-0.39, 0.29) is 11.8 Å². The molecule has 0 aromatic heterocycles. The van der Waals surface area contributed by atoms with Crippen molar-refractivity contribution in [2.45, 2.75) is 57.0 Å². The van der Waals surface area contributed by atoms with Gasteiger partial charge in [0.2, 0.25) is 11.8 Å². The zero-order valence-electron chi connectivity index (χ0n) is 17.3. The van der Waals surface area contributed by atoms with E-state index in [1.54, 1.807) is 4.90 Å². The average molecular weight is 396 g/mol. The Morgan fingerprint density at radius 2 is 1.90 bits per heavy atom. The summed E-state index contributed by atoms with van der Waals surface area (Å²) in [4.78, 5) is 31.5. The number of benzene rings is 1. The maximum Gasteiger partial charge on any atom is 0.242 e. The second kappa shape index (κ2) is 8.10. The average Bonchev–Trinajstić information content (AvgIpc) is 3.13. The highest BCUT2D eigenvalue weighted by Gasteiger charge is 2.45. The number of rotatable bonds is 4. The number of likely N-dealkylation sites (tertiary alicyclic amines) is 2. The fraction of sp³-hybridized carbons (Fsp3) is 0.667. The first-order valence-electron chi connectivity index (χ1n) is 11.5. The Bertz CT molecular complexity index is 752. The lowest BCUT2D eigenvalue weighted by atomic mass is 9.74. The van der Waals surface area contributed by atoms with Gasteiger partial charge in [-0.1, -0.05) is 36.8 Å². The topological polar surface area (TPSA) is 43.9 Å². The highest BCUT2D eigenvalue weighted by atomic mass is 16.2. The summed E-state index contributed by atoms with van der Waals surface area (Å²) in [6.45, 7) is 3.94. The number of hydrogen-bond donors (Lipinski definition) is 0. The van der Waals surface area contributed by atoms with Gasteiger partial charge in [-0.3, -0.25) is 14.5 Å². The van der Waals surface area contributed by atoms with Gasteiger partial charge in [0.05, 0.1) is 6.54 Å². The van der Waals surface area contributed by atoms with Crippen LogP contribution in [0.1, 0.15) is 44.1 Å². The molecular weight excluding hydrogens is 362 g/mol. The van der Waals surface area contributed by atoms with Crippen LogP contribution in [-0.2, 0) is 16.0 Å². The largest absolute Gasteiger partial charge is 0.340 e. The highest BCUT2D eigenvalue weighted by Crippen LogP contribution is 2.40. The minimum absolute atomic E-state index is 0.151. The molecule has 0 saturated carbocycles. The van der Waals surface area contributed by atoms with Gasteiger partial charge in [-0.05, 0) is 49.5 Å². The molecule has 4 fully saturated rings. The molecule has 2 bridgehead atoms. The van der Waals surface area contributed by atoms with Crippen LogP contribution in [0.2, 0.25) is 0 Å². The molecule has 1 aromatic carbocycles. The number of fused-ring (bicyclic) bond motifs is 4. The van der Waals surface area contributed by atoms with Crippen molar-refractivity contribution >= 4 is 11.8 Å². The van der Waals surface area contributed by atoms with Crippen LogP contribution in [0.4, 0.5) is 0 Å². The van der Waals surface area contributed by atoms with Crippen molar-refractivity contribution in [1.29, 1.82) is 0 Å². The van der Waals surface area contributed by atoms with Gasteiger partial charge in [-0.15, -0.1) is 0 Å². The SMILES string of the molecule is O=C1CCCN1CC(=O)N1C[C@@H]2C[C@H](C1)[C@@H]1CCC[C@H](Cc3ccccc3)N1C2. The minimum atomic E-state index is 0.151. The molecule has 4 aliphatic heterocycles. The van der Waals surface area contributed by atoms with Gasteiger partial charge in [0, 0.05) is 44.7 Å². The Morgan fingerprint density at radius 3 is 2.69 bits per heavy atom. The molecule has 4 saturated heterocycles. The van der Waals surface area contributed by atoms with Gasteiger partial charge < -0.3 is 9.80 Å². The zero-order chi connectivity index (χ0) is 19.8. The maximum absolute atomic E-state index is 12.9. The predicted octanol–water partition coefficient (Wildman–Crippen LogP) is 2.55. The summed E-state index contributed by atoms with van der Waals surface area (Å²) in [6.07, 6.45) is 7.80. The molecule has 4 atom stereocenters. The normalized spacial score (nSPS) is 32.3. The van der Waals surface area contributed by atoms with Crippen molar-refractivity contribution in [3.8, 4) is 0 Å². The molecule has 0 unspecified atom stereocenters. The second-order valence-corrected chi connectivity index (χ2v) is 9.62. The molecule has 0 radical (unpaired) electrons. The number of piperidine rings is 3. The summed E-state index contributed by atoms with van der Waals surface area (Å²) in [7, 11) is 0. The molecule has 2 amide bonds. The number of carbonyl (C=O) groups excluding carboxylic acids is 2. The summed E-state index contributed by atoms with van der Waals surface area (Å²) in [6, 6.07) is 12.2. The molecule has 0 N–H and O–H groups in total. The second-order valence-electron chi connectivity index (χ2n) is 9.62. The van der Waals surface area contributed by atoms with Crippen molar-refractivity contribution in [1.82, 2.24) is 14.7 Å². The fourth-order valence-corrected chi connectivity index (χ4v) is 6.36. The number of carbonyl (C=O) groups is 2. The van der Waals surface area contributed by atoms with Crippen LogP contribution >= 0.6 is 0 Å². The summed E-state index contributed by atoms with van der Waals surface area (Å²) >= 11 is 0. The van der Waals surface area contributed by atoms with Crippen molar-refractivity contribution in [2.24, 2.45) is 11.8 Å². The van der Waals surface area contributed by atoms with Gasteiger partial charge in [0.25, 0.3) is 0 Å². The van der Waals surface area contributed by atoms with Gasteiger partial charge >= 0.3 is 0 Å². The molecule has 156 valence electrons. The van der Waals surface area contributed by atoms with Crippen molar-refractivity contribution in [2.75, 3.05) is 32.7 Å². The fourth-order valence-electron chi connectivity index (χ4n) is 6.36. The molecule has 29 heavy (non-hydrogen) atoms. The molecule has 0 spiro atoms. The predicted molar refractivity (Wildman–Crippen MR) is 112 cm³/mol. The Balaban J connectivity index is 1.24. The van der Waals surface area contributed by atoms with Crippen LogP contribution in [0.5, 0.6) is 0 Å². The quantitative estimate of drug-likeness (QED) is 0.787. The van der Waals surface area contributed by atoms with E-state index in [4.69, 9.17) is 0 Å². The van der Waals surface area contributed by atoms with Crippen LogP contribution < -0.4 is 0 Å². The van der Waals surface area contributed by atoms with Crippen molar-refractivity contribution in [3.63, 3.8) is 0 Å². The third-order valence-corrected chi connectivity index (χ3v) is 7.68. The van der Waals surface area contributed by atoms with Gasteiger partial charge in [-0.2, -0.15) is 0 Å². The summed E-state index contributed by atoms with van der Waals surface area (Å²) in [5.74, 6) is 1.50. The van der Waals surface area contributed by atoms with E-state index in [1.807, 2.05) is 0 Å². The summed E-state index contributed by atoms with van der Waals surface area (Å²) in [5, 5.41) is 0. The zero-order valence-corrected chi connectivity index (χ0v) is 17.3. The smallest absolute Gasteiger partial charge is 0.242 e. The van der Waals surface area contributed by atoms with Gasteiger partial charge in [0.15, 0.2) is 0 Å². The van der Waals surface area contributed by atoms with Crippen LogP contribution in [0.25, 0.3) is 0 Å². The molecule has 5 heteroatoms. The minimum Gasteiger partial charge on any atom is -0.340 e. The summed E-state index contributed by atoms with van der Waals surface area (Å²) in [5.41, 5.74) is 1.45. The van der Waals surface area contributed by atoms with Crippen molar-refractivity contribution < 1.29 is 9.59 Å². The maximum atomic E-state index is 12.9. The molecule has 1 aromatic rings. The van der Waals surface area contributed by atoms with E-state index in [1.165, 1.54) is 31.2 Å². The van der Waals surface area contributed by atoms with Crippen LogP contribution in [0.3, 0.4) is 0 Å². The Hall–Kier alpha value is -1.88. The Labute approximate surface area is 174 Å². The number of amides is 2. The molecule has 5 nitrogen and oxygen atoms in total. The number of hydrogen-bond acceptors (Lipinski definition) is 3. The lowest BCUT2D eigenvalue weighted by molar-refractivity contribution is -0.143. The van der Waals surface area contributed by atoms with E-state index >= 15 is 0 Å². The van der Waals surface area contributed by atoms with E-state index < -0.39 is 0 Å². The van der Waals surface area contributed by atoms with Crippen LogP contribution in [0, 0.1) is 11.8 Å². The van der Waals surface area contributed by atoms with Gasteiger partial charge in [0.1, 0.15) is 0 Å². The van der Waals surface area contributed by atoms with Crippen molar-refractivity contribution in [3.05, 3.63) is 35.9 Å². The third-order valence-electron chi connectivity index (χ3n) is 7.68. The molecular formula is C24H33N3O2. The first-order chi connectivity index (χ1) is 14.2. The molecule has 5 rings (SSSR count). The molecule has 0 aliphatic carbocycles. The van der Waals surface area contributed by atoms with Gasteiger partial charge in [-0.25, -0.2) is 0 Å². The van der Waals surface area contributed by atoms with Crippen LogP contribution in [-0.4, -0.2) is 71.3 Å². The number of nitrogens with zero attached hydrogens (tertiary/aromatic N) is 3. The Morgan fingerprint density at radius 1 is 1.03 bits per heavy atom. The first-order valence-corrected chi connectivity index (χ1v) is 11.5. The monoisotopic (exact) mass is 395 g/mol. The third kappa shape index (κ3) is 3.94. The van der Waals surface area contributed by atoms with E-state index in [0.717, 1.165) is 39.0 Å². The molecule has 4 heterocycles. The molecule has 4 aliphatic rings. The highest BCUT2D eigenvalue weighted by molar-refractivity contribution is 5.86. The Kier molecular flexibility index (Phi) is 5.33. The van der Waals surface area contributed by atoms with E-state index in [2.05, 4.69) is 40.1 Å². The van der Waals surface area contributed by atoms with E-state index in [9.17, 15) is 9.59 Å². The van der Waals surface area contributed by atoms with E-state index in [0.29, 0.717) is 36.9 Å². The summed E-state index contributed by atoms with van der Waals surface area (Å²) < 4.78 is 0. The van der Waals surface area contributed by atoms with Crippen LogP contribution in [0.15, 0.2) is 30.3 Å². The first kappa shape index (κ1) is 19.1. The lowest BCUT2D eigenvalue weighted by Crippen LogP contribution is -2.63. The standard InChI is InChI=1S/C24H33N3O2/c28-23-10-5-11-25(23)17-24(29)26-14-19-12-20(16-26)22-9-4-8-21(27(22)15-19)13-18-6-2-1-3-7-18/h1-3,6-7,19-22H,4-5,8-17H2/t19-,20+,21+,22-/m0/s1. The lowest BCUT2D eigenvalue weighted by Gasteiger charge is -2.55.